The van der Waals surface area contributed by atoms with E-state index in [0.29, 0.717) is 18.7 Å². The third-order valence-electron chi connectivity index (χ3n) is 5.63. The second-order valence-corrected chi connectivity index (χ2v) is 9.67. The van der Waals surface area contributed by atoms with Gasteiger partial charge in [0.2, 0.25) is 0 Å². The summed E-state index contributed by atoms with van der Waals surface area (Å²) in [5.41, 5.74) is 1.66. The van der Waals surface area contributed by atoms with Crippen LogP contribution in [-0.4, -0.2) is 55.2 Å². The van der Waals surface area contributed by atoms with Crippen molar-refractivity contribution in [1.29, 1.82) is 0 Å². The van der Waals surface area contributed by atoms with Gasteiger partial charge in [-0.05, 0) is 35.9 Å². The van der Waals surface area contributed by atoms with Crippen LogP contribution in [0.5, 0.6) is 0 Å². The number of hydrogen-bond acceptors (Lipinski definition) is 6. The number of hydrogen-bond donors (Lipinski definition) is 1. The number of sulfonamides is 1. The van der Waals surface area contributed by atoms with Gasteiger partial charge in [-0.3, -0.25) is 24.5 Å². The van der Waals surface area contributed by atoms with Crippen molar-refractivity contribution in [3.8, 4) is 0 Å². The first-order valence-corrected chi connectivity index (χ1v) is 12.2. The van der Waals surface area contributed by atoms with Gasteiger partial charge in [0.1, 0.15) is 0 Å². The Morgan fingerprint density at radius 3 is 2.24 bits per heavy atom. The second-order valence-electron chi connectivity index (χ2n) is 7.99. The van der Waals surface area contributed by atoms with E-state index in [1.807, 2.05) is 18.2 Å². The minimum Gasteiger partial charge on any atom is -0.336 e. The lowest BCUT2D eigenvalue weighted by molar-refractivity contribution is -0.385. The fraction of sp³-hybridized carbons (Fsp3) is 0.208. The molecule has 176 valence electrons. The molecular formula is C24H24N4O5S. The van der Waals surface area contributed by atoms with E-state index < -0.39 is 14.9 Å². The predicted molar refractivity (Wildman–Crippen MR) is 128 cm³/mol. The van der Waals surface area contributed by atoms with Crippen molar-refractivity contribution in [2.75, 3.05) is 30.9 Å². The number of nitro benzene ring substituents is 1. The van der Waals surface area contributed by atoms with Crippen LogP contribution in [0.25, 0.3) is 0 Å². The molecule has 1 heterocycles. The first kappa shape index (κ1) is 23.4. The molecule has 1 aliphatic heterocycles. The van der Waals surface area contributed by atoms with Crippen LogP contribution >= 0.6 is 0 Å². The quantitative estimate of drug-likeness (QED) is 0.410. The van der Waals surface area contributed by atoms with Crippen molar-refractivity contribution in [3.05, 3.63) is 100 Å². The number of piperazine rings is 1. The zero-order chi connectivity index (χ0) is 24.1. The van der Waals surface area contributed by atoms with Crippen LogP contribution < -0.4 is 4.72 Å². The molecule has 0 spiro atoms. The Morgan fingerprint density at radius 2 is 1.59 bits per heavy atom. The van der Waals surface area contributed by atoms with Crippen LogP contribution in [0.2, 0.25) is 0 Å². The van der Waals surface area contributed by atoms with Crippen LogP contribution in [0.1, 0.15) is 15.9 Å². The molecule has 1 saturated heterocycles. The van der Waals surface area contributed by atoms with Gasteiger partial charge < -0.3 is 4.90 Å². The summed E-state index contributed by atoms with van der Waals surface area (Å²) < 4.78 is 27.6. The van der Waals surface area contributed by atoms with Crippen LogP contribution in [0.15, 0.2) is 83.8 Å². The number of nitro groups is 1. The van der Waals surface area contributed by atoms with Crippen LogP contribution in [-0.2, 0) is 16.6 Å². The molecule has 10 heteroatoms. The number of nitrogens with zero attached hydrogens (tertiary/aromatic N) is 3. The molecule has 0 aliphatic carbocycles. The highest BCUT2D eigenvalue weighted by atomic mass is 32.2. The normalized spacial score (nSPS) is 14.5. The Labute approximate surface area is 197 Å². The van der Waals surface area contributed by atoms with Crippen molar-refractivity contribution in [3.63, 3.8) is 0 Å². The molecule has 1 N–H and O–H groups in total. The fourth-order valence-electron chi connectivity index (χ4n) is 3.79. The van der Waals surface area contributed by atoms with Gasteiger partial charge in [-0.1, -0.05) is 36.4 Å². The molecule has 0 atom stereocenters. The van der Waals surface area contributed by atoms with E-state index in [2.05, 4.69) is 21.8 Å². The minimum atomic E-state index is -4.01. The van der Waals surface area contributed by atoms with Crippen molar-refractivity contribution in [2.24, 2.45) is 0 Å². The lowest BCUT2D eigenvalue weighted by Gasteiger charge is -2.34. The van der Waals surface area contributed by atoms with E-state index in [1.165, 1.54) is 35.9 Å². The average Bonchev–Trinajstić information content (AvgIpc) is 2.85. The van der Waals surface area contributed by atoms with E-state index in [1.54, 1.807) is 17.0 Å². The average molecular weight is 481 g/mol. The molecule has 1 amide bonds. The van der Waals surface area contributed by atoms with Gasteiger partial charge in [-0.25, -0.2) is 8.42 Å². The number of anilines is 1. The molecule has 1 aliphatic rings. The zero-order valence-electron chi connectivity index (χ0n) is 18.3. The van der Waals surface area contributed by atoms with Gasteiger partial charge >= 0.3 is 0 Å². The third-order valence-corrected chi connectivity index (χ3v) is 7.01. The van der Waals surface area contributed by atoms with Gasteiger partial charge in [0.15, 0.2) is 0 Å². The monoisotopic (exact) mass is 480 g/mol. The molecule has 3 aromatic rings. The maximum atomic E-state index is 12.9. The Balaban J connectivity index is 1.35. The maximum absolute atomic E-state index is 12.9. The van der Waals surface area contributed by atoms with E-state index in [4.69, 9.17) is 0 Å². The van der Waals surface area contributed by atoms with Gasteiger partial charge in [0.25, 0.3) is 21.6 Å². The van der Waals surface area contributed by atoms with Gasteiger partial charge in [-0.15, -0.1) is 0 Å². The highest BCUT2D eigenvalue weighted by Crippen LogP contribution is 2.21. The lowest BCUT2D eigenvalue weighted by atomic mass is 10.1. The minimum absolute atomic E-state index is 0.104. The molecule has 0 saturated carbocycles. The Kier molecular flexibility index (Phi) is 6.90. The Hall–Kier alpha value is -3.76. The first-order chi connectivity index (χ1) is 16.3. The smallest absolute Gasteiger partial charge is 0.270 e. The van der Waals surface area contributed by atoms with Gasteiger partial charge in [0.05, 0.1) is 9.82 Å². The molecule has 9 nitrogen and oxygen atoms in total. The topological polar surface area (TPSA) is 113 Å². The van der Waals surface area contributed by atoms with E-state index in [-0.39, 0.29) is 22.2 Å². The lowest BCUT2D eigenvalue weighted by Crippen LogP contribution is -2.48. The van der Waals surface area contributed by atoms with Crippen LogP contribution in [0.4, 0.5) is 11.4 Å². The molecule has 3 aromatic carbocycles. The van der Waals surface area contributed by atoms with Crippen molar-refractivity contribution in [2.45, 2.75) is 11.4 Å². The molecule has 0 unspecified atom stereocenters. The summed E-state index contributed by atoms with van der Waals surface area (Å²) in [4.78, 5) is 27.1. The number of carbonyl (C=O) groups excluding carboxylic acids is 1. The van der Waals surface area contributed by atoms with E-state index >= 15 is 0 Å². The SMILES string of the molecule is O=C(c1ccc(NS(=O)(=O)c2cccc([N+](=O)[O-])c2)cc1)N1CCN(Cc2ccccc2)CC1. The molecular weight excluding hydrogens is 456 g/mol. The second kappa shape index (κ2) is 10.0. The number of nitrogens with one attached hydrogen (secondary N) is 1. The first-order valence-electron chi connectivity index (χ1n) is 10.7. The number of carbonyl (C=O) groups is 1. The molecule has 34 heavy (non-hydrogen) atoms. The fourth-order valence-corrected chi connectivity index (χ4v) is 4.89. The van der Waals surface area contributed by atoms with Crippen LogP contribution in [0.3, 0.4) is 0 Å². The summed E-state index contributed by atoms with van der Waals surface area (Å²) in [6.45, 7) is 3.64. The molecule has 0 radical (unpaired) electrons. The summed E-state index contributed by atoms with van der Waals surface area (Å²) in [5.74, 6) is -0.104. The van der Waals surface area contributed by atoms with Gasteiger partial charge in [0, 0.05) is 56.1 Å². The standard InChI is InChI=1S/C24H24N4O5S/c29-24(27-15-13-26(14-16-27)18-19-5-2-1-3-6-19)20-9-11-21(12-10-20)25-34(32,33)23-8-4-7-22(17-23)28(30)31/h1-12,17,25H,13-16,18H2. The van der Waals surface area contributed by atoms with Crippen molar-refractivity contribution in [1.82, 2.24) is 9.80 Å². The third kappa shape index (κ3) is 5.59. The zero-order valence-corrected chi connectivity index (χ0v) is 19.1. The summed E-state index contributed by atoms with van der Waals surface area (Å²) in [6, 6.07) is 21.2. The Morgan fingerprint density at radius 1 is 0.912 bits per heavy atom. The van der Waals surface area contributed by atoms with Crippen LogP contribution in [0, 0.1) is 10.1 Å². The number of benzene rings is 3. The summed E-state index contributed by atoms with van der Waals surface area (Å²) in [6.07, 6.45) is 0. The predicted octanol–water partition coefficient (Wildman–Crippen LogP) is 3.35. The molecule has 4 rings (SSSR count). The van der Waals surface area contributed by atoms with Crippen molar-refractivity contribution < 1.29 is 18.1 Å². The highest BCUT2D eigenvalue weighted by Gasteiger charge is 2.23. The maximum Gasteiger partial charge on any atom is 0.270 e. The molecule has 0 aromatic heterocycles. The highest BCUT2D eigenvalue weighted by molar-refractivity contribution is 7.92. The Bertz CT molecular complexity index is 1270. The summed E-state index contributed by atoms with van der Waals surface area (Å²) >= 11 is 0. The van der Waals surface area contributed by atoms with E-state index in [0.717, 1.165) is 25.7 Å². The van der Waals surface area contributed by atoms with Crippen molar-refractivity contribution >= 4 is 27.3 Å². The largest absolute Gasteiger partial charge is 0.336 e. The number of rotatable bonds is 7. The number of non-ortho nitro benzene ring substituents is 1. The molecule has 0 bridgehead atoms. The number of amides is 1. The van der Waals surface area contributed by atoms with E-state index in [9.17, 15) is 23.3 Å². The molecule has 1 fully saturated rings. The van der Waals surface area contributed by atoms with Gasteiger partial charge in [-0.2, -0.15) is 0 Å². The summed E-state index contributed by atoms with van der Waals surface area (Å²) in [7, 11) is -4.01. The summed E-state index contributed by atoms with van der Waals surface area (Å²) in [5, 5.41) is 10.9.